The molecule has 0 aliphatic heterocycles. The first-order valence-electron chi connectivity index (χ1n) is 12.3. The van der Waals surface area contributed by atoms with Gasteiger partial charge in [0, 0.05) is 58.0 Å². The van der Waals surface area contributed by atoms with Gasteiger partial charge in [0.1, 0.15) is 11.2 Å². The molecule has 0 saturated heterocycles. The third-order valence-corrected chi connectivity index (χ3v) is 6.41. The summed E-state index contributed by atoms with van der Waals surface area (Å²) in [6.07, 6.45) is 5.14. The molecule has 0 spiro atoms. The Kier molecular flexibility index (Phi) is 7.47. The predicted octanol–water partition coefficient (Wildman–Crippen LogP) is 4.58. The molecule has 0 atom stereocenters. The van der Waals surface area contributed by atoms with Gasteiger partial charge in [-0.2, -0.15) is 0 Å². The van der Waals surface area contributed by atoms with Gasteiger partial charge in [0.05, 0.1) is 11.9 Å². The second-order valence-corrected chi connectivity index (χ2v) is 9.61. The molecule has 8 heteroatoms. The standard InChI is InChI=1S/C29H34N6O2/c1-7-30-20-31(4)23-15-13-22(14-16-23)18-34-19-25-26(27(34)32(5)24-11-9-8-10-12-24)28(36)33(6)29(37)35(25)17-21(2)3/h7-16,19-21H,1,17-18H2,2-6H3. The monoisotopic (exact) mass is 498 g/mol. The Balaban J connectivity index is 1.89. The molecule has 2 heterocycles. The molecular weight excluding hydrogens is 464 g/mol. The first kappa shape index (κ1) is 25.8. The van der Waals surface area contributed by atoms with E-state index in [1.807, 2.05) is 72.6 Å². The van der Waals surface area contributed by atoms with E-state index in [4.69, 9.17) is 0 Å². The fraction of sp³-hybridized carbons (Fsp3) is 0.276. The minimum Gasteiger partial charge on any atom is -0.336 e. The highest BCUT2D eigenvalue weighted by molar-refractivity contribution is 5.93. The molecule has 4 rings (SSSR count). The minimum atomic E-state index is -0.300. The number of hydrogen-bond acceptors (Lipinski definition) is 4. The highest BCUT2D eigenvalue weighted by Gasteiger charge is 2.23. The minimum absolute atomic E-state index is 0.242. The number of para-hydroxylation sites is 1. The van der Waals surface area contributed by atoms with Crippen LogP contribution in [0.1, 0.15) is 19.4 Å². The summed E-state index contributed by atoms with van der Waals surface area (Å²) < 4.78 is 5.00. The van der Waals surface area contributed by atoms with Gasteiger partial charge in [0.25, 0.3) is 5.56 Å². The van der Waals surface area contributed by atoms with Crippen LogP contribution in [0.3, 0.4) is 0 Å². The highest BCUT2D eigenvalue weighted by atomic mass is 16.2. The van der Waals surface area contributed by atoms with Gasteiger partial charge in [0.15, 0.2) is 0 Å². The maximum atomic E-state index is 13.5. The number of rotatable bonds is 9. The molecule has 2 aromatic carbocycles. The molecule has 0 fully saturated rings. The molecule has 0 saturated carbocycles. The van der Waals surface area contributed by atoms with Crippen molar-refractivity contribution in [2.24, 2.45) is 18.0 Å². The van der Waals surface area contributed by atoms with Gasteiger partial charge in [-0.25, -0.2) is 9.79 Å². The topological polar surface area (TPSA) is 67.8 Å². The molecular formula is C29H34N6O2. The van der Waals surface area contributed by atoms with Crippen molar-refractivity contribution in [3.8, 4) is 0 Å². The van der Waals surface area contributed by atoms with E-state index in [2.05, 4.69) is 42.1 Å². The van der Waals surface area contributed by atoms with E-state index in [-0.39, 0.29) is 17.2 Å². The van der Waals surface area contributed by atoms with Gasteiger partial charge < -0.3 is 14.4 Å². The summed E-state index contributed by atoms with van der Waals surface area (Å²) in [5.74, 6) is 0.991. The Morgan fingerprint density at radius 3 is 2.30 bits per heavy atom. The number of benzene rings is 2. The molecule has 0 unspecified atom stereocenters. The zero-order chi connectivity index (χ0) is 26.7. The SMILES string of the molecule is C=CN=CN(C)c1ccc(Cn2cc3c(c2N(C)c2ccccc2)c(=O)n(C)c(=O)n3CC(C)C)cc1. The van der Waals surface area contributed by atoms with Crippen molar-refractivity contribution in [2.45, 2.75) is 26.9 Å². The van der Waals surface area contributed by atoms with Crippen molar-refractivity contribution in [3.05, 3.63) is 100.0 Å². The van der Waals surface area contributed by atoms with E-state index in [1.165, 1.54) is 10.8 Å². The van der Waals surface area contributed by atoms with Crippen LogP contribution in [-0.4, -0.2) is 34.1 Å². The number of fused-ring (bicyclic) bond motifs is 1. The smallest absolute Gasteiger partial charge is 0.331 e. The van der Waals surface area contributed by atoms with Crippen LogP contribution in [0.2, 0.25) is 0 Å². The van der Waals surface area contributed by atoms with E-state index < -0.39 is 0 Å². The summed E-state index contributed by atoms with van der Waals surface area (Å²) in [7, 11) is 5.43. The third-order valence-electron chi connectivity index (χ3n) is 6.41. The molecule has 0 radical (unpaired) electrons. The van der Waals surface area contributed by atoms with Gasteiger partial charge in [-0.15, -0.1) is 0 Å². The van der Waals surface area contributed by atoms with Crippen molar-refractivity contribution >= 4 is 34.4 Å². The Morgan fingerprint density at radius 1 is 1.00 bits per heavy atom. The lowest BCUT2D eigenvalue weighted by Crippen LogP contribution is -2.38. The second kappa shape index (κ2) is 10.7. The lowest BCUT2D eigenvalue weighted by atomic mass is 10.2. The molecule has 37 heavy (non-hydrogen) atoms. The number of hydrogen-bond donors (Lipinski definition) is 0. The molecule has 4 aromatic rings. The van der Waals surface area contributed by atoms with Crippen molar-refractivity contribution in [1.82, 2.24) is 13.7 Å². The van der Waals surface area contributed by atoms with E-state index in [1.54, 1.807) is 18.0 Å². The van der Waals surface area contributed by atoms with Crippen LogP contribution < -0.4 is 21.0 Å². The van der Waals surface area contributed by atoms with Crippen LogP contribution in [0.25, 0.3) is 10.9 Å². The van der Waals surface area contributed by atoms with Crippen molar-refractivity contribution in [2.75, 3.05) is 23.9 Å². The first-order chi connectivity index (χ1) is 17.7. The van der Waals surface area contributed by atoms with Crippen molar-refractivity contribution in [1.29, 1.82) is 0 Å². The van der Waals surface area contributed by atoms with Crippen LogP contribution in [-0.2, 0) is 20.1 Å². The number of aliphatic imine (C=N–C) groups is 1. The summed E-state index contributed by atoms with van der Waals surface area (Å²) >= 11 is 0. The van der Waals surface area contributed by atoms with Crippen LogP contribution in [0, 0.1) is 5.92 Å². The van der Waals surface area contributed by atoms with Crippen LogP contribution >= 0.6 is 0 Å². The molecule has 0 bridgehead atoms. The average molecular weight is 499 g/mol. The molecule has 0 amide bonds. The third kappa shape index (κ3) is 5.14. The Morgan fingerprint density at radius 2 is 1.68 bits per heavy atom. The summed E-state index contributed by atoms with van der Waals surface area (Å²) in [5, 5.41) is 0.533. The summed E-state index contributed by atoms with van der Waals surface area (Å²) in [6, 6.07) is 18.1. The zero-order valence-corrected chi connectivity index (χ0v) is 22.1. The van der Waals surface area contributed by atoms with E-state index in [9.17, 15) is 9.59 Å². The van der Waals surface area contributed by atoms with Crippen molar-refractivity contribution in [3.63, 3.8) is 0 Å². The van der Waals surface area contributed by atoms with Crippen LogP contribution in [0.5, 0.6) is 0 Å². The quantitative estimate of drug-likeness (QED) is 0.250. The maximum Gasteiger partial charge on any atom is 0.331 e. The Labute approximate surface area is 217 Å². The molecule has 0 aliphatic carbocycles. The maximum absolute atomic E-state index is 13.5. The Hall–Kier alpha value is -4.33. The second-order valence-electron chi connectivity index (χ2n) is 9.61. The summed E-state index contributed by atoms with van der Waals surface area (Å²) in [6.45, 7) is 8.80. The van der Waals surface area contributed by atoms with E-state index in [0.29, 0.717) is 24.0 Å². The fourth-order valence-corrected chi connectivity index (χ4v) is 4.52. The molecule has 2 aromatic heterocycles. The molecule has 8 nitrogen and oxygen atoms in total. The Bertz CT molecular complexity index is 1540. The number of anilines is 3. The van der Waals surface area contributed by atoms with Crippen LogP contribution in [0.15, 0.2) is 88.2 Å². The zero-order valence-electron chi connectivity index (χ0n) is 22.1. The highest BCUT2D eigenvalue weighted by Crippen LogP contribution is 2.32. The lowest BCUT2D eigenvalue weighted by Gasteiger charge is -2.22. The molecule has 0 N–H and O–H groups in total. The molecule has 0 aliphatic rings. The van der Waals surface area contributed by atoms with Gasteiger partial charge in [0.2, 0.25) is 0 Å². The van der Waals surface area contributed by atoms with E-state index in [0.717, 1.165) is 22.8 Å². The molecule has 192 valence electrons. The normalized spacial score (nSPS) is 11.5. The van der Waals surface area contributed by atoms with E-state index >= 15 is 0 Å². The largest absolute Gasteiger partial charge is 0.336 e. The number of nitrogens with zero attached hydrogens (tertiary/aromatic N) is 6. The first-order valence-corrected chi connectivity index (χ1v) is 12.3. The lowest BCUT2D eigenvalue weighted by molar-refractivity contribution is 0.502. The summed E-state index contributed by atoms with van der Waals surface area (Å²) in [5.41, 5.74) is 3.06. The van der Waals surface area contributed by atoms with Gasteiger partial charge >= 0.3 is 5.69 Å². The van der Waals surface area contributed by atoms with Gasteiger partial charge in [-0.1, -0.05) is 50.8 Å². The van der Waals surface area contributed by atoms with Gasteiger partial charge in [-0.05, 0) is 35.7 Å². The van der Waals surface area contributed by atoms with Crippen LogP contribution in [0.4, 0.5) is 17.2 Å². The fourth-order valence-electron chi connectivity index (χ4n) is 4.52. The summed E-state index contributed by atoms with van der Waals surface area (Å²) in [4.78, 5) is 34.6. The average Bonchev–Trinajstić information content (AvgIpc) is 3.27. The predicted molar refractivity (Wildman–Crippen MR) is 153 cm³/mol. The van der Waals surface area contributed by atoms with Crippen molar-refractivity contribution < 1.29 is 0 Å². The van der Waals surface area contributed by atoms with Gasteiger partial charge in [-0.3, -0.25) is 13.9 Å². The number of aromatic nitrogens is 3.